The van der Waals surface area contributed by atoms with Crippen molar-refractivity contribution in [3.8, 4) is 17.3 Å². The van der Waals surface area contributed by atoms with Crippen LogP contribution >= 0.6 is 0 Å². The largest absolute Gasteiger partial charge is 0.483 e. The van der Waals surface area contributed by atoms with E-state index >= 15 is 0 Å². The van der Waals surface area contributed by atoms with E-state index in [0.29, 0.717) is 11.5 Å². The van der Waals surface area contributed by atoms with E-state index < -0.39 is 36.1 Å². The highest BCUT2D eigenvalue weighted by Gasteiger charge is 2.36. The monoisotopic (exact) mass is 474 g/mol. The number of fused-ring (bicyclic) bond motifs is 1. The maximum atomic E-state index is 14.9. The van der Waals surface area contributed by atoms with Gasteiger partial charge >= 0.3 is 12.4 Å². The summed E-state index contributed by atoms with van der Waals surface area (Å²) in [6.07, 6.45) is -9.71. The number of hydrogen-bond acceptors (Lipinski definition) is 5. The zero-order valence-electron chi connectivity index (χ0n) is 16.4. The normalized spacial score (nSPS) is 12.5. The fourth-order valence-corrected chi connectivity index (χ4v) is 3.20. The lowest BCUT2D eigenvalue weighted by atomic mass is 10.0. The smallest absolute Gasteiger partial charge is 0.422 e. The summed E-state index contributed by atoms with van der Waals surface area (Å²) in [4.78, 5) is 0. The molecular weight excluding hydrogens is 461 g/mol. The zero-order valence-corrected chi connectivity index (χ0v) is 16.4. The summed E-state index contributed by atoms with van der Waals surface area (Å²) in [5.41, 5.74) is -1.08. The van der Waals surface area contributed by atoms with E-state index in [4.69, 9.17) is 4.42 Å². The third-order valence-corrected chi connectivity index (χ3v) is 4.70. The number of nitrogens with zero attached hydrogens (tertiary/aromatic N) is 3. The zero-order chi connectivity index (χ0) is 23.8. The van der Waals surface area contributed by atoms with Crippen molar-refractivity contribution in [2.75, 3.05) is 6.61 Å². The molecule has 13 heteroatoms. The Bertz CT molecular complexity index is 1260. The van der Waals surface area contributed by atoms with Crippen LogP contribution in [0.1, 0.15) is 16.7 Å². The Hall–Kier alpha value is -3.64. The molecule has 0 radical (unpaired) electrons. The molecule has 0 aliphatic heterocycles. The minimum absolute atomic E-state index is 0.0105. The lowest BCUT2D eigenvalue weighted by Crippen LogP contribution is -2.21. The summed E-state index contributed by atoms with van der Waals surface area (Å²) in [7, 11) is 0. The first-order chi connectivity index (χ1) is 15.5. The second-order valence-corrected chi connectivity index (χ2v) is 7.04. The van der Waals surface area contributed by atoms with Gasteiger partial charge in [-0.2, -0.15) is 31.6 Å². The SMILES string of the molecule is Fc1c(CCc2ccc(OCC(F)(F)F)c(C(F)(F)F)c2)ccc2cc(-c3nn[nH]n3)oc12. The number of halogens is 7. The highest BCUT2D eigenvalue weighted by atomic mass is 19.4. The Morgan fingerprint density at radius 1 is 0.970 bits per heavy atom. The second-order valence-electron chi connectivity index (χ2n) is 7.04. The predicted octanol–water partition coefficient (Wildman–Crippen LogP) is 5.50. The lowest BCUT2D eigenvalue weighted by Gasteiger charge is -2.16. The van der Waals surface area contributed by atoms with Gasteiger partial charge in [0, 0.05) is 5.39 Å². The fourth-order valence-electron chi connectivity index (χ4n) is 3.20. The molecule has 0 saturated carbocycles. The number of nitrogens with one attached hydrogen (secondary N) is 1. The molecule has 0 bridgehead atoms. The molecule has 2 aromatic heterocycles. The number of furan rings is 1. The number of ether oxygens (including phenoxy) is 1. The maximum absolute atomic E-state index is 14.9. The van der Waals surface area contributed by atoms with Gasteiger partial charge in [-0.05, 0) is 47.4 Å². The highest BCUT2D eigenvalue weighted by molar-refractivity contribution is 5.82. The number of aromatic amines is 1. The van der Waals surface area contributed by atoms with Crippen LogP contribution in [0.3, 0.4) is 0 Å². The molecule has 0 fully saturated rings. The minimum Gasteiger partial charge on any atom is -0.483 e. The summed E-state index contributed by atoms with van der Waals surface area (Å²) in [5, 5.41) is 13.6. The predicted molar refractivity (Wildman–Crippen MR) is 99.7 cm³/mol. The molecule has 2 aromatic carbocycles. The van der Waals surface area contributed by atoms with Gasteiger partial charge in [0.1, 0.15) is 5.75 Å². The number of rotatable bonds is 6. The number of benzene rings is 2. The van der Waals surface area contributed by atoms with E-state index in [1.54, 1.807) is 6.07 Å². The Kier molecular flexibility index (Phi) is 5.72. The molecule has 4 rings (SSSR count). The van der Waals surface area contributed by atoms with Crippen LogP contribution in [0, 0.1) is 5.82 Å². The van der Waals surface area contributed by atoms with Gasteiger partial charge < -0.3 is 9.15 Å². The van der Waals surface area contributed by atoms with E-state index in [1.807, 2.05) is 0 Å². The molecule has 0 unspecified atom stereocenters. The van der Waals surface area contributed by atoms with Gasteiger partial charge in [0.05, 0.1) is 5.56 Å². The van der Waals surface area contributed by atoms with Crippen molar-refractivity contribution in [3.63, 3.8) is 0 Å². The van der Waals surface area contributed by atoms with Gasteiger partial charge in [0.15, 0.2) is 23.8 Å². The Morgan fingerprint density at radius 2 is 1.76 bits per heavy atom. The van der Waals surface area contributed by atoms with Crippen molar-refractivity contribution in [2.45, 2.75) is 25.2 Å². The summed E-state index contributed by atoms with van der Waals surface area (Å²) in [6, 6.07) is 7.30. The molecule has 1 N–H and O–H groups in total. The standard InChI is InChI=1S/C20H13F7N4O2/c21-16-11(4-5-12-8-15(33-17(12)16)18-28-30-31-29-18)3-1-10-2-6-14(32-9-19(22,23)24)13(7-10)20(25,26)27/h2,4-8H,1,3,9H2,(H,28,29,30,31). The van der Waals surface area contributed by atoms with E-state index in [0.717, 1.165) is 6.07 Å². The molecule has 4 aromatic rings. The van der Waals surface area contributed by atoms with Crippen molar-refractivity contribution in [3.05, 3.63) is 58.9 Å². The molecule has 0 amide bonds. The topological polar surface area (TPSA) is 76.8 Å². The molecule has 0 aliphatic carbocycles. The molecule has 0 spiro atoms. The Morgan fingerprint density at radius 3 is 2.42 bits per heavy atom. The molecule has 0 atom stereocenters. The molecule has 6 nitrogen and oxygen atoms in total. The van der Waals surface area contributed by atoms with Crippen molar-refractivity contribution in [1.29, 1.82) is 0 Å². The van der Waals surface area contributed by atoms with Gasteiger partial charge in [-0.15, -0.1) is 10.2 Å². The lowest BCUT2D eigenvalue weighted by molar-refractivity contribution is -0.158. The first kappa shape index (κ1) is 22.6. The number of alkyl halides is 6. The van der Waals surface area contributed by atoms with Crippen LogP contribution < -0.4 is 4.74 Å². The summed E-state index contributed by atoms with van der Waals surface area (Å²) in [5.74, 6) is -1.32. The summed E-state index contributed by atoms with van der Waals surface area (Å²) >= 11 is 0. The first-order valence-corrected chi connectivity index (χ1v) is 9.36. The van der Waals surface area contributed by atoms with Crippen LogP contribution in [0.15, 0.2) is 40.8 Å². The van der Waals surface area contributed by atoms with Crippen molar-refractivity contribution in [2.24, 2.45) is 0 Å². The highest BCUT2D eigenvalue weighted by Crippen LogP contribution is 2.38. The maximum Gasteiger partial charge on any atom is 0.422 e. The van der Waals surface area contributed by atoms with E-state index in [2.05, 4.69) is 25.4 Å². The van der Waals surface area contributed by atoms with E-state index in [-0.39, 0.29) is 41.1 Å². The molecule has 2 heterocycles. The van der Waals surface area contributed by atoms with Crippen LogP contribution in [-0.4, -0.2) is 33.4 Å². The average Bonchev–Trinajstić information content (AvgIpc) is 3.41. The Balaban J connectivity index is 1.55. The average molecular weight is 474 g/mol. The molecule has 33 heavy (non-hydrogen) atoms. The van der Waals surface area contributed by atoms with Gasteiger partial charge in [-0.25, -0.2) is 4.39 Å². The Labute approximate surface area is 180 Å². The van der Waals surface area contributed by atoms with Crippen LogP contribution in [0.5, 0.6) is 5.75 Å². The van der Waals surface area contributed by atoms with E-state index in [9.17, 15) is 30.7 Å². The third-order valence-electron chi connectivity index (χ3n) is 4.70. The van der Waals surface area contributed by atoms with E-state index in [1.165, 1.54) is 18.2 Å². The van der Waals surface area contributed by atoms with Crippen molar-refractivity contribution < 1.29 is 39.9 Å². The van der Waals surface area contributed by atoms with Crippen LogP contribution in [0.25, 0.3) is 22.6 Å². The number of hydrogen-bond donors (Lipinski definition) is 1. The van der Waals surface area contributed by atoms with Crippen LogP contribution in [0.2, 0.25) is 0 Å². The third kappa shape index (κ3) is 5.07. The van der Waals surface area contributed by atoms with Crippen molar-refractivity contribution >= 4 is 11.0 Å². The van der Waals surface area contributed by atoms with Crippen molar-refractivity contribution in [1.82, 2.24) is 20.6 Å². The number of aromatic nitrogens is 4. The summed E-state index contributed by atoms with van der Waals surface area (Å²) in [6.45, 7) is -1.85. The van der Waals surface area contributed by atoms with Gasteiger partial charge in [0.25, 0.3) is 0 Å². The second kappa shape index (κ2) is 8.37. The molecule has 0 saturated heterocycles. The quantitative estimate of drug-likeness (QED) is 0.374. The fraction of sp³-hybridized carbons (Fsp3) is 0.250. The van der Waals surface area contributed by atoms with Crippen LogP contribution in [0.4, 0.5) is 30.7 Å². The van der Waals surface area contributed by atoms with Gasteiger partial charge in [-0.1, -0.05) is 18.2 Å². The summed E-state index contributed by atoms with van der Waals surface area (Å²) < 4.78 is 102. The molecule has 174 valence electrons. The van der Waals surface area contributed by atoms with Crippen LogP contribution in [-0.2, 0) is 19.0 Å². The number of tetrazole rings is 1. The number of aryl methyl sites for hydroxylation is 2. The molecular formula is C20H13F7N4O2. The first-order valence-electron chi connectivity index (χ1n) is 9.36. The molecule has 0 aliphatic rings. The number of H-pyrrole nitrogens is 1. The van der Waals surface area contributed by atoms with Gasteiger partial charge in [-0.3, -0.25) is 0 Å². The van der Waals surface area contributed by atoms with Gasteiger partial charge in [0.2, 0.25) is 5.82 Å². The minimum atomic E-state index is -4.93.